The molecule has 5 rings (SSSR count). The number of piperidine rings is 3. The van der Waals surface area contributed by atoms with E-state index in [1.54, 1.807) is 11.8 Å². The van der Waals surface area contributed by atoms with Gasteiger partial charge in [-0.05, 0) is 63.0 Å². The Morgan fingerprint density at radius 3 is 3.07 bits per heavy atom. The lowest BCUT2D eigenvalue weighted by molar-refractivity contribution is -0.136. The molecule has 146 valence electrons. The first-order valence-electron chi connectivity index (χ1n) is 11.0. The Morgan fingerprint density at radius 2 is 2.19 bits per heavy atom. The second-order valence-corrected chi connectivity index (χ2v) is 8.97. The van der Waals surface area contributed by atoms with E-state index < -0.39 is 0 Å². The maximum Gasteiger partial charge on any atom is 0.223 e. The quantitative estimate of drug-likeness (QED) is 0.767. The minimum absolute atomic E-state index is 0.358. The second kappa shape index (κ2) is 7.42. The molecule has 1 aliphatic carbocycles. The lowest BCUT2D eigenvalue weighted by Crippen LogP contribution is -2.60. The molecule has 1 aromatic rings. The Hall–Kier alpha value is -1.62. The van der Waals surface area contributed by atoms with Crippen LogP contribution in [0.25, 0.3) is 0 Å². The molecule has 1 aromatic heterocycles. The molecular weight excluding hydrogens is 336 g/mol. The number of carbonyl (C=O) groups excluding carboxylic acids is 1. The van der Waals surface area contributed by atoms with Gasteiger partial charge in [-0.1, -0.05) is 18.1 Å². The molecule has 0 N–H and O–H groups in total. The highest BCUT2D eigenvalue weighted by Gasteiger charge is 2.46. The van der Waals surface area contributed by atoms with Gasteiger partial charge in [0.25, 0.3) is 0 Å². The van der Waals surface area contributed by atoms with E-state index in [1.807, 2.05) is 16.9 Å². The first kappa shape index (κ1) is 17.5. The van der Waals surface area contributed by atoms with Gasteiger partial charge >= 0.3 is 0 Å². The molecule has 3 aliphatic heterocycles. The van der Waals surface area contributed by atoms with Crippen molar-refractivity contribution in [2.24, 2.45) is 11.8 Å². The van der Waals surface area contributed by atoms with Crippen LogP contribution in [-0.2, 0) is 11.3 Å². The Kier molecular flexibility index (Phi) is 4.80. The summed E-state index contributed by atoms with van der Waals surface area (Å²) in [6.07, 6.45) is 15.7. The topological polar surface area (TPSA) is 41.4 Å². The molecule has 1 amide bonds. The van der Waals surface area contributed by atoms with Crippen molar-refractivity contribution in [3.63, 3.8) is 0 Å². The van der Waals surface area contributed by atoms with Crippen LogP contribution in [0.2, 0.25) is 0 Å². The van der Waals surface area contributed by atoms with Crippen LogP contribution < -0.4 is 0 Å². The molecular formula is C22H32N4O. The SMILES string of the molecule is O=C(CCCn1cccn1)N1CCCC2=C[C@H]3C[C@H](CN4CCCC[C@H]34)[C@@H]21. The zero-order valence-electron chi connectivity index (χ0n) is 16.3. The van der Waals surface area contributed by atoms with Crippen molar-refractivity contribution in [1.29, 1.82) is 0 Å². The van der Waals surface area contributed by atoms with Crippen molar-refractivity contribution in [2.45, 2.75) is 70.0 Å². The van der Waals surface area contributed by atoms with E-state index >= 15 is 0 Å². The number of aromatic nitrogens is 2. The van der Waals surface area contributed by atoms with E-state index in [0.717, 1.165) is 37.9 Å². The summed E-state index contributed by atoms with van der Waals surface area (Å²) in [6.45, 7) is 4.26. The lowest BCUT2D eigenvalue weighted by atomic mass is 9.68. The summed E-state index contributed by atoms with van der Waals surface area (Å²) in [5.41, 5.74) is 1.59. The Bertz CT molecular complexity index is 697. The largest absolute Gasteiger partial charge is 0.336 e. The maximum atomic E-state index is 13.1. The molecule has 0 spiro atoms. The van der Waals surface area contributed by atoms with Crippen LogP contribution in [0.1, 0.15) is 51.4 Å². The lowest BCUT2D eigenvalue weighted by Gasteiger charge is -2.54. The minimum Gasteiger partial charge on any atom is -0.336 e. The third-order valence-electron chi connectivity index (χ3n) is 7.31. The first-order chi connectivity index (χ1) is 13.3. The Morgan fingerprint density at radius 1 is 1.22 bits per heavy atom. The number of hydrogen-bond donors (Lipinski definition) is 0. The van der Waals surface area contributed by atoms with Gasteiger partial charge in [-0.3, -0.25) is 14.4 Å². The number of amides is 1. The summed E-state index contributed by atoms with van der Waals surface area (Å²) < 4.78 is 1.93. The summed E-state index contributed by atoms with van der Waals surface area (Å²) in [6, 6.07) is 3.11. The van der Waals surface area contributed by atoms with Crippen LogP contribution in [0.4, 0.5) is 0 Å². The number of fused-ring (bicyclic) bond motifs is 6. The normalized spacial score (nSPS) is 33.2. The van der Waals surface area contributed by atoms with Gasteiger partial charge in [0, 0.05) is 44.5 Å². The average Bonchev–Trinajstić information content (AvgIpc) is 3.21. The van der Waals surface area contributed by atoms with Gasteiger partial charge in [0.15, 0.2) is 0 Å². The van der Waals surface area contributed by atoms with E-state index in [9.17, 15) is 4.79 Å². The first-order valence-corrected chi connectivity index (χ1v) is 11.0. The van der Waals surface area contributed by atoms with Gasteiger partial charge in [0.05, 0.1) is 6.04 Å². The van der Waals surface area contributed by atoms with Crippen molar-refractivity contribution in [2.75, 3.05) is 19.6 Å². The van der Waals surface area contributed by atoms with Crippen molar-refractivity contribution in [1.82, 2.24) is 19.6 Å². The fraction of sp³-hybridized carbons (Fsp3) is 0.727. The molecule has 3 fully saturated rings. The van der Waals surface area contributed by atoms with Gasteiger partial charge < -0.3 is 4.90 Å². The van der Waals surface area contributed by atoms with Gasteiger partial charge in [-0.15, -0.1) is 0 Å². The molecule has 4 aliphatic rings. The number of hydrogen-bond acceptors (Lipinski definition) is 3. The molecule has 0 radical (unpaired) electrons. The zero-order chi connectivity index (χ0) is 18.2. The van der Waals surface area contributed by atoms with Crippen molar-refractivity contribution < 1.29 is 4.79 Å². The van der Waals surface area contributed by atoms with Crippen LogP contribution in [0.5, 0.6) is 0 Å². The molecule has 3 saturated heterocycles. The fourth-order valence-corrected chi connectivity index (χ4v) is 6.22. The van der Waals surface area contributed by atoms with E-state index in [-0.39, 0.29) is 0 Å². The van der Waals surface area contributed by atoms with Gasteiger partial charge in [0.1, 0.15) is 0 Å². The number of carbonyl (C=O) groups is 1. The standard InChI is InChI=1S/C22H32N4O/c27-21(8-4-11-25-12-5-9-23-25)26-13-3-6-17-14-18-15-19(22(17)26)16-24-10-2-1-7-20(18)24/h5,9,12,14,18-20,22H,1-4,6-8,10-11,13,15-16H2/t18-,19+,20+,22+/m0/s1. The van der Waals surface area contributed by atoms with Gasteiger partial charge in [-0.2, -0.15) is 5.10 Å². The van der Waals surface area contributed by atoms with E-state index in [0.29, 0.717) is 24.3 Å². The third-order valence-corrected chi connectivity index (χ3v) is 7.31. The number of aryl methyl sites for hydroxylation is 1. The number of rotatable bonds is 4. The monoisotopic (exact) mass is 368 g/mol. The zero-order valence-corrected chi connectivity index (χ0v) is 16.3. The molecule has 27 heavy (non-hydrogen) atoms. The summed E-state index contributed by atoms with van der Waals surface area (Å²) in [7, 11) is 0. The Labute approximate surface area is 162 Å². The average molecular weight is 369 g/mol. The molecule has 5 heteroatoms. The summed E-state index contributed by atoms with van der Waals surface area (Å²) in [4.78, 5) is 18.1. The van der Waals surface area contributed by atoms with Gasteiger partial charge in [-0.25, -0.2) is 0 Å². The van der Waals surface area contributed by atoms with Crippen molar-refractivity contribution >= 4 is 5.91 Å². The summed E-state index contributed by atoms with van der Waals surface area (Å²) in [5.74, 6) is 1.75. The number of likely N-dealkylation sites (tertiary alicyclic amines) is 1. The predicted molar refractivity (Wildman–Crippen MR) is 105 cm³/mol. The van der Waals surface area contributed by atoms with Crippen LogP contribution in [0, 0.1) is 11.8 Å². The minimum atomic E-state index is 0.358. The maximum absolute atomic E-state index is 13.1. The highest BCUT2D eigenvalue weighted by molar-refractivity contribution is 5.77. The third kappa shape index (κ3) is 3.35. The van der Waals surface area contributed by atoms with E-state index in [1.165, 1.54) is 45.2 Å². The molecule has 0 unspecified atom stereocenters. The smallest absolute Gasteiger partial charge is 0.223 e. The van der Waals surface area contributed by atoms with E-state index in [2.05, 4.69) is 21.0 Å². The molecule has 4 atom stereocenters. The predicted octanol–water partition coefficient (Wildman–Crippen LogP) is 3.08. The van der Waals surface area contributed by atoms with Gasteiger partial charge in [0.2, 0.25) is 5.91 Å². The molecule has 0 saturated carbocycles. The second-order valence-electron chi connectivity index (χ2n) is 8.97. The number of nitrogens with zero attached hydrogens (tertiary/aromatic N) is 4. The van der Waals surface area contributed by atoms with Crippen LogP contribution >= 0.6 is 0 Å². The fourth-order valence-electron chi connectivity index (χ4n) is 6.22. The Balaban J connectivity index is 1.28. The highest BCUT2D eigenvalue weighted by Crippen LogP contribution is 2.45. The summed E-state index contributed by atoms with van der Waals surface area (Å²) >= 11 is 0. The van der Waals surface area contributed by atoms with Crippen molar-refractivity contribution in [3.05, 3.63) is 30.1 Å². The van der Waals surface area contributed by atoms with E-state index in [4.69, 9.17) is 0 Å². The van der Waals surface area contributed by atoms with Crippen molar-refractivity contribution in [3.8, 4) is 0 Å². The van der Waals surface area contributed by atoms with Crippen LogP contribution in [-0.4, -0.2) is 57.2 Å². The summed E-state index contributed by atoms with van der Waals surface area (Å²) in [5, 5.41) is 4.25. The molecule has 5 nitrogen and oxygen atoms in total. The highest BCUT2D eigenvalue weighted by atomic mass is 16.2. The molecule has 0 aromatic carbocycles. The van der Waals surface area contributed by atoms with Crippen LogP contribution in [0.3, 0.4) is 0 Å². The van der Waals surface area contributed by atoms with Crippen LogP contribution in [0.15, 0.2) is 30.1 Å². The molecule has 2 bridgehead atoms. The molecule has 4 heterocycles.